The molecule has 19 heavy (non-hydrogen) atoms. The van der Waals surface area contributed by atoms with E-state index in [0.29, 0.717) is 5.56 Å². The van der Waals surface area contributed by atoms with E-state index in [9.17, 15) is 17.6 Å². The molecule has 0 amide bonds. The van der Waals surface area contributed by atoms with Gasteiger partial charge in [-0.05, 0) is 17.7 Å². The van der Waals surface area contributed by atoms with Crippen LogP contribution in [0.4, 0.5) is 4.39 Å². The van der Waals surface area contributed by atoms with Gasteiger partial charge in [0.05, 0.1) is 4.88 Å². The van der Waals surface area contributed by atoms with Crippen LogP contribution in [0, 0.1) is 5.82 Å². The van der Waals surface area contributed by atoms with Crippen LogP contribution < -0.4 is 0 Å². The summed E-state index contributed by atoms with van der Waals surface area (Å²) in [7, 11) is -3.58. The van der Waals surface area contributed by atoms with Gasteiger partial charge in [-0.15, -0.1) is 11.3 Å². The topological polar surface area (TPSA) is 84.3 Å². The predicted molar refractivity (Wildman–Crippen MR) is 67.6 cm³/mol. The van der Waals surface area contributed by atoms with E-state index < -0.39 is 21.6 Å². The van der Waals surface area contributed by atoms with Gasteiger partial charge in [-0.2, -0.15) is 0 Å². The summed E-state index contributed by atoms with van der Waals surface area (Å²) in [5, 5.41) is 9.04. The number of carboxylic acid groups (broad SMARTS) is 1. The van der Waals surface area contributed by atoms with Gasteiger partial charge in [0.25, 0.3) is 0 Å². The predicted octanol–water partition coefficient (Wildman–Crippen LogP) is 2.05. The molecule has 0 saturated carbocycles. The zero-order valence-electron chi connectivity index (χ0n) is 9.62. The van der Waals surface area contributed by atoms with Crippen LogP contribution in [-0.4, -0.2) is 30.7 Å². The lowest BCUT2D eigenvalue weighted by Crippen LogP contribution is -2.01. The van der Waals surface area contributed by atoms with Crippen molar-refractivity contribution < 1.29 is 22.7 Å². The second-order valence-electron chi connectivity index (χ2n) is 3.74. The lowest BCUT2D eigenvalue weighted by Gasteiger charge is -1.98. The molecule has 1 N–H and O–H groups in total. The normalized spacial score (nSPS) is 11.5. The first kappa shape index (κ1) is 13.6. The van der Waals surface area contributed by atoms with E-state index in [4.69, 9.17) is 5.11 Å². The molecule has 0 aliphatic carbocycles. The minimum absolute atomic E-state index is 0.188. The summed E-state index contributed by atoms with van der Waals surface area (Å²) in [5.41, 5.74) is 0.0585. The van der Waals surface area contributed by atoms with Crippen LogP contribution in [0.15, 0.2) is 28.6 Å². The smallest absolute Gasteiger partial charge is 0.356 e. The van der Waals surface area contributed by atoms with Gasteiger partial charge in [-0.25, -0.2) is 22.6 Å². The quantitative estimate of drug-likeness (QED) is 0.938. The maximum atomic E-state index is 12.8. The van der Waals surface area contributed by atoms with Crippen molar-refractivity contribution in [2.75, 3.05) is 6.26 Å². The average molecular weight is 301 g/mol. The molecular weight excluding hydrogens is 293 g/mol. The highest BCUT2D eigenvalue weighted by Crippen LogP contribution is 2.32. The van der Waals surface area contributed by atoms with E-state index >= 15 is 0 Å². The van der Waals surface area contributed by atoms with Crippen LogP contribution in [0.2, 0.25) is 0 Å². The zero-order valence-corrected chi connectivity index (χ0v) is 11.3. The van der Waals surface area contributed by atoms with Crippen LogP contribution in [0.3, 0.4) is 0 Å². The molecule has 0 bridgehead atoms. The number of aromatic carboxylic acids is 1. The van der Waals surface area contributed by atoms with Crippen molar-refractivity contribution in [3.8, 4) is 10.4 Å². The van der Waals surface area contributed by atoms with Crippen LogP contribution in [0.25, 0.3) is 10.4 Å². The molecule has 0 spiro atoms. The maximum absolute atomic E-state index is 12.8. The third kappa shape index (κ3) is 2.79. The first-order chi connectivity index (χ1) is 8.79. The van der Waals surface area contributed by atoms with E-state index in [1.165, 1.54) is 24.3 Å². The van der Waals surface area contributed by atoms with Crippen LogP contribution in [-0.2, 0) is 9.84 Å². The van der Waals surface area contributed by atoms with Gasteiger partial charge in [0, 0.05) is 6.26 Å². The van der Waals surface area contributed by atoms with Gasteiger partial charge in [0.15, 0.2) is 5.69 Å². The average Bonchev–Trinajstić information content (AvgIpc) is 2.74. The summed E-state index contributed by atoms with van der Waals surface area (Å²) < 4.78 is 35.4. The summed E-state index contributed by atoms with van der Waals surface area (Å²) in [6.45, 7) is 0. The molecule has 2 aromatic rings. The third-order valence-corrected chi connectivity index (χ3v) is 5.02. The summed E-state index contributed by atoms with van der Waals surface area (Å²) >= 11 is 0.751. The standard InChI is InChI=1S/C11H8FNO4S2/c1-19(16,17)11-13-8(10(14)15)9(18-11)6-2-4-7(12)5-3-6/h2-5H,1H3,(H,14,15). The van der Waals surface area contributed by atoms with E-state index in [2.05, 4.69) is 4.98 Å². The fourth-order valence-electron chi connectivity index (χ4n) is 1.40. The molecular formula is C11H8FNO4S2. The molecule has 0 fully saturated rings. The molecule has 0 aliphatic rings. The Morgan fingerprint density at radius 2 is 1.89 bits per heavy atom. The van der Waals surface area contributed by atoms with E-state index in [1.54, 1.807) is 0 Å². The number of aromatic nitrogens is 1. The molecule has 1 heterocycles. The molecule has 0 unspecified atom stereocenters. The van der Waals surface area contributed by atoms with Gasteiger partial charge in [-0.1, -0.05) is 12.1 Å². The van der Waals surface area contributed by atoms with Gasteiger partial charge in [0.1, 0.15) is 5.82 Å². The number of sulfone groups is 1. The molecule has 100 valence electrons. The number of thiazole rings is 1. The number of hydrogen-bond donors (Lipinski definition) is 1. The molecule has 8 heteroatoms. The SMILES string of the molecule is CS(=O)(=O)c1nc(C(=O)O)c(-c2ccc(F)cc2)s1. The highest BCUT2D eigenvalue weighted by molar-refractivity contribution is 7.92. The van der Waals surface area contributed by atoms with Crippen molar-refractivity contribution in [1.82, 2.24) is 4.98 Å². The van der Waals surface area contributed by atoms with Gasteiger partial charge >= 0.3 is 5.97 Å². The molecule has 0 atom stereocenters. The molecule has 2 rings (SSSR count). The first-order valence-electron chi connectivity index (χ1n) is 4.99. The number of nitrogens with zero attached hydrogens (tertiary/aromatic N) is 1. The Morgan fingerprint density at radius 3 is 2.37 bits per heavy atom. The highest BCUT2D eigenvalue weighted by Gasteiger charge is 2.23. The fraction of sp³-hybridized carbons (Fsp3) is 0.0909. The summed E-state index contributed by atoms with van der Waals surface area (Å²) in [6, 6.07) is 5.09. The largest absolute Gasteiger partial charge is 0.476 e. The zero-order chi connectivity index (χ0) is 14.2. The third-order valence-electron chi connectivity index (χ3n) is 2.23. The van der Waals surface area contributed by atoms with Crippen molar-refractivity contribution in [2.24, 2.45) is 0 Å². The minimum atomic E-state index is -3.58. The lowest BCUT2D eigenvalue weighted by atomic mass is 10.1. The monoisotopic (exact) mass is 301 g/mol. The second-order valence-corrected chi connectivity index (χ2v) is 6.93. The van der Waals surface area contributed by atoms with E-state index in [-0.39, 0.29) is 14.9 Å². The molecule has 5 nitrogen and oxygen atoms in total. The van der Waals surface area contributed by atoms with Crippen molar-refractivity contribution in [3.05, 3.63) is 35.8 Å². The second kappa shape index (κ2) is 4.71. The highest BCUT2D eigenvalue weighted by atomic mass is 32.2. The van der Waals surface area contributed by atoms with Gasteiger partial charge in [-0.3, -0.25) is 0 Å². The number of carbonyl (C=O) groups is 1. The maximum Gasteiger partial charge on any atom is 0.356 e. The van der Waals surface area contributed by atoms with E-state index in [1.807, 2.05) is 0 Å². The van der Waals surface area contributed by atoms with Gasteiger partial charge in [0.2, 0.25) is 14.2 Å². The van der Waals surface area contributed by atoms with Crippen molar-refractivity contribution in [2.45, 2.75) is 4.34 Å². The van der Waals surface area contributed by atoms with Gasteiger partial charge < -0.3 is 5.11 Å². The number of hydrogen-bond acceptors (Lipinski definition) is 5. The molecule has 0 saturated heterocycles. The van der Waals surface area contributed by atoms with Crippen LogP contribution in [0.1, 0.15) is 10.5 Å². The molecule has 1 aromatic carbocycles. The summed E-state index contributed by atoms with van der Waals surface area (Å²) in [5.74, 6) is -1.79. The molecule has 0 radical (unpaired) electrons. The number of carboxylic acids is 1. The molecule has 0 aliphatic heterocycles. The van der Waals surface area contributed by atoms with Crippen molar-refractivity contribution >= 4 is 27.1 Å². The fourth-order valence-corrected chi connectivity index (χ4v) is 3.31. The Labute approximate surface area is 112 Å². The van der Waals surface area contributed by atoms with Crippen LogP contribution >= 0.6 is 11.3 Å². The number of benzene rings is 1. The number of rotatable bonds is 3. The first-order valence-corrected chi connectivity index (χ1v) is 7.70. The Hall–Kier alpha value is -1.80. The lowest BCUT2D eigenvalue weighted by molar-refractivity contribution is 0.0691. The summed E-state index contributed by atoms with van der Waals surface area (Å²) in [4.78, 5) is 14.9. The van der Waals surface area contributed by atoms with Crippen molar-refractivity contribution in [3.63, 3.8) is 0 Å². The van der Waals surface area contributed by atoms with Crippen LogP contribution in [0.5, 0.6) is 0 Å². The molecule has 1 aromatic heterocycles. The Balaban J connectivity index is 2.65. The summed E-state index contributed by atoms with van der Waals surface area (Å²) in [6.07, 6.45) is 0.950. The van der Waals surface area contributed by atoms with Crippen molar-refractivity contribution in [1.29, 1.82) is 0 Å². The minimum Gasteiger partial charge on any atom is -0.476 e. The Kier molecular flexibility index (Phi) is 3.38. The Bertz CT molecular complexity index is 735. The Morgan fingerprint density at radius 1 is 1.32 bits per heavy atom. The number of halogens is 1. The van der Waals surface area contributed by atoms with E-state index in [0.717, 1.165) is 17.6 Å².